The molecule has 0 spiro atoms. The standard InChI is InChI=1S/C10H21O2/c1-6-7-11-9(2)8-12-10(3,4)5/h6,9H,7-8H2,1-5H3. The maximum atomic E-state index is 5.55. The van der Waals surface area contributed by atoms with Crippen LogP contribution < -0.4 is 0 Å². The summed E-state index contributed by atoms with van der Waals surface area (Å²) in [6.45, 7) is 11.5. The lowest BCUT2D eigenvalue weighted by Crippen LogP contribution is -2.26. The molecule has 0 bridgehead atoms. The van der Waals surface area contributed by atoms with E-state index in [0.29, 0.717) is 13.2 Å². The molecule has 0 aliphatic carbocycles. The highest BCUT2D eigenvalue weighted by molar-refractivity contribution is 4.61. The van der Waals surface area contributed by atoms with Crippen molar-refractivity contribution >= 4 is 0 Å². The van der Waals surface area contributed by atoms with E-state index in [1.807, 2.05) is 41.0 Å². The van der Waals surface area contributed by atoms with Gasteiger partial charge in [0.2, 0.25) is 0 Å². The van der Waals surface area contributed by atoms with Gasteiger partial charge in [0.15, 0.2) is 0 Å². The van der Waals surface area contributed by atoms with Crippen molar-refractivity contribution in [2.75, 3.05) is 13.2 Å². The van der Waals surface area contributed by atoms with E-state index in [2.05, 4.69) is 0 Å². The maximum Gasteiger partial charge on any atom is 0.0780 e. The Hall–Kier alpha value is -0.0800. The Morgan fingerprint density at radius 3 is 2.33 bits per heavy atom. The van der Waals surface area contributed by atoms with Crippen molar-refractivity contribution in [2.24, 2.45) is 0 Å². The van der Waals surface area contributed by atoms with E-state index in [9.17, 15) is 0 Å². The Balaban J connectivity index is 3.37. The van der Waals surface area contributed by atoms with E-state index in [4.69, 9.17) is 9.47 Å². The molecule has 0 aliphatic heterocycles. The van der Waals surface area contributed by atoms with Gasteiger partial charge >= 0.3 is 0 Å². The summed E-state index contributed by atoms with van der Waals surface area (Å²) < 4.78 is 11.0. The average Bonchev–Trinajstić information content (AvgIpc) is 1.95. The van der Waals surface area contributed by atoms with Gasteiger partial charge in [-0.25, -0.2) is 0 Å². The van der Waals surface area contributed by atoms with E-state index in [1.165, 1.54) is 0 Å². The molecule has 73 valence electrons. The van der Waals surface area contributed by atoms with E-state index >= 15 is 0 Å². The van der Waals surface area contributed by atoms with Crippen LogP contribution in [0.5, 0.6) is 0 Å². The maximum absolute atomic E-state index is 5.55. The van der Waals surface area contributed by atoms with Crippen LogP contribution in [0.1, 0.15) is 34.6 Å². The highest BCUT2D eigenvalue weighted by Crippen LogP contribution is 2.07. The minimum atomic E-state index is -0.0620. The van der Waals surface area contributed by atoms with Crippen LogP contribution in [0.3, 0.4) is 0 Å². The summed E-state index contributed by atoms with van der Waals surface area (Å²) in [7, 11) is 0. The zero-order valence-electron chi connectivity index (χ0n) is 8.89. The van der Waals surface area contributed by atoms with E-state index in [1.54, 1.807) is 0 Å². The van der Waals surface area contributed by atoms with E-state index in [0.717, 1.165) is 0 Å². The lowest BCUT2D eigenvalue weighted by Gasteiger charge is -2.22. The summed E-state index contributed by atoms with van der Waals surface area (Å²) in [5, 5.41) is 0. The first-order chi connectivity index (χ1) is 5.45. The Morgan fingerprint density at radius 2 is 1.92 bits per heavy atom. The molecule has 0 aliphatic rings. The fourth-order valence-corrected chi connectivity index (χ4v) is 0.676. The van der Waals surface area contributed by atoms with Crippen LogP contribution in [-0.2, 0) is 9.47 Å². The highest BCUT2D eigenvalue weighted by atomic mass is 16.5. The molecule has 12 heavy (non-hydrogen) atoms. The van der Waals surface area contributed by atoms with Gasteiger partial charge in [-0.3, -0.25) is 0 Å². The minimum absolute atomic E-state index is 0.0620. The second-order valence-electron chi connectivity index (χ2n) is 3.98. The topological polar surface area (TPSA) is 18.5 Å². The van der Waals surface area contributed by atoms with Crippen LogP contribution >= 0.6 is 0 Å². The molecule has 2 heteroatoms. The summed E-state index contributed by atoms with van der Waals surface area (Å²) in [5.74, 6) is 0. The first kappa shape index (κ1) is 11.9. The molecule has 0 rings (SSSR count). The van der Waals surface area contributed by atoms with Crippen LogP contribution in [0.2, 0.25) is 0 Å². The molecule has 0 fully saturated rings. The predicted octanol–water partition coefficient (Wildman–Crippen LogP) is 2.43. The van der Waals surface area contributed by atoms with Crippen molar-refractivity contribution in [1.29, 1.82) is 0 Å². The Labute approximate surface area is 76.3 Å². The molecule has 0 aromatic heterocycles. The van der Waals surface area contributed by atoms with Crippen LogP contribution in [-0.4, -0.2) is 24.9 Å². The lowest BCUT2D eigenvalue weighted by atomic mass is 10.2. The fraction of sp³-hybridized carbons (Fsp3) is 0.900. The molecule has 0 saturated carbocycles. The summed E-state index contributed by atoms with van der Waals surface area (Å²) in [5.41, 5.74) is -0.0620. The van der Waals surface area contributed by atoms with Gasteiger partial charge in [-0.1, -0.05) is 6.92 Å². The Kier molecular flexibility index (Phi) is 5.51. The zero-order chi connectivity index (χ0) is 9.61. The van der Waals surface area contributed by atoms with E-state index < -0.39 is 0 Å². The van der Waals surface area contributed by atoms with Crippen LogP contribution in [0, 0.1) is 6.42 Å². The third-order valence-corrected chi connectivity index (χ3v) is 1.30. The molecule has 2 nitrogen and oxygen atoms in total. The first-order valence-corrected chi connectivity index (χ1v) is 4.49. The fourth-order valence-electron chi connectivity index (χ4n) is 0.676. The monoisotopic (exact) mass is 173 g/mol. The van der Waals surface area contributed by atoms with Crippen molar-refractivity contribution in [2.45, 2.75) is 46.3 Å². The third kappa shape index (κ3) is 8.02. The van der Waals surface area contributed by atoms with Crippen molar-refractivity contribution in [3.8, 4) is 0 Å². The molecule has 0 amide bonds. The van der Waals surface area contributed by atoms with Crippen molar-refractivity contribution < 1.29 is 9.47 Å². The largest absolute Gasteiger partial charge is 0.376 e. The number of hydrogen-bond donors (Lipinski definition) is 0. The van der Waals surface area contributed by atoms with E-state index in [-0.39, 0.29) is 11.7 Å². The van der Waals surface area contributed by atoms with Gasteiger partial charge in [0.25, 0.3) is 0 Å². The molecular formula is C10H21O2. The summed E-state index contributed by atoms with van der Waals surface area (Å²) in [6, 6.07) is 0. The molecule has 1 atom stereocenters. The van der Waals surface area contributed by atoms with Gasteiger partial charge in [0.05, 0.1) is 18.3 Å². The molecule has 1 radical (unpaired) electrons. The number of hydrogen-bond acceptors (Lipinski definition) is 2. The predicted molar refractivity (Wildman–Crippen MR) is 51.1 cm³/mol. The SMILES string of the molecule is C[CH]COC(C)COC(C)(C)C. The second-order valence-corrected chi connectivity index (χ2v) is 3.98. The summed E-state index contributed by atoms with van der Waals surface area (Å²) in [4.78, 5) is 0. The molecule has 0 saturated heterocycles. The van der Waals surface area contributed by atoms with Crippen LogP contribution in [0.4, 0.5) is 0 Å². The number of rotatable bonds is 5. The molecule has 0 aromatic rings. The summed E-state index contributed by atoms with van der Waals surface area (Å²) in [6.07, 6.45) is 2.17. The molecule has 0 heterocycles. The smallest absolute Gasteiger partial charge is 0.0780 e. The quantitative estimate of drug-likeness (QED) is 0.635. The summed E-state index contributed by atoms with van der Waals surface area (Å²) >= 11 is 0. The second kappa shape index (κ2) is 5.55. The van der Waals surface area contributed by atoms with Crippen molar-refractivity contribution in [1.82, 2.24) is 0 Å². The Bertz CT molecular complexity index is 105. The van der Waals surface area contributed by atoms with Gasteiger partial charge in [0.1, 0.15) is 0 Å². The van der Waals surface area contributed by atoms with Crippen LogP contribution in [0.15, 0.2) is 0 Å². The molecule has 1 unspecified atom stereocenters. The van der Waals surface area contributed by atoms with Crippen molar-refractivity contribution in [3.05, 3.63) is 6.42 Å². The highest BCUT2D eigenvalue weighted by Gasteiger charge is 2.12. The first-order valence-electron chi connectivity index (χ1n) is 4.49. The molecule has 0 aromatic carbocycles. The van der Waals surface area contributed by atoms with Crippen LogP contribution in [0.25, 0.3) is 0 Å². The van der Waals surface area contributed by atoms with Gasteiger partial charge in [-0.2, -0.15) is 0 Å². The average molecular weight is 173 g/mol. The van der Waals surface area contributed by atoms with Gasteiger partial charge < -0.3 is 9.47 Å². The van der Waals surface area contributed by atoms with Gasteiger partial charge in [0, 0.05) is 6.61 Å². The minimum Gasteiger partial charge on any atom is -0.376 e. The van der Waals surface area contributed by atoms with Gasteiger partial charge in [-0.15, -0.1) is 0 Å². The number of ether oxygens (including phenoxy) is 2. The normalized spacial score (nSPS) is 14.8. The lowest BCUT2D eigenvalue weighted by molar-refractivity contribution is -0.0626. The third-order valence-electron chi connectivity index (χ3n) is 1.30. The Morgan fingerprint density at radius 1 is 1.33 bits per heavy atom. The molecule has 0 N–H and O–H groups in total. The van der Waals surface area contributed by atoms with Crippen molar-refractivity contribution in [3.63, 3.8) is 0 Å². The molecular weight excluding hydrogens is 152 g/mol. The van der Waals surface area contributed by atoms with Gasteiger partial charge in [-0.05, 0) is 34.1 Å². The zero-order valence-corrected chi connectivity index (χ0v) is 8.89.